The van der Waals surface area contributed by atoms with Crippen molar-refractivity contribution in [2.75, 3.05) is 19.4 Å². The largest absolute Gasteiger partial charge is 0.397 e. The first-order valence-corrected chi connectivity index (χ1v) is 10.3. The summed E-state index contributed by atoms with van der Waals surface area (Å²) in [6.45, 7) is 6.54. The second-order valence-electron chi connectivity index (χ2n) is 5.31. The van der Waals surface area contributed by atoms with Gasteiger partial charge in [0.25, 0.3) is 0 Å². The number of unbranched alkanes of at least 4 members (excludes halogenated alkanes) is 11. The molecule has 0 radical (unpaired) electrons. The summed E-state index contributed by atoms with van der Waals surface area (Å²) in [7, 11) is 1.17. The lowest BCUT2D eigenvalue weighted by atomic mass is 10.1. The summed E-state index contributed by atoms with van der Waals surface area (Å²) >= 11 is 0. The van der Waals surface area contributed by atoms with Gasteiger partial charge in [-0.3, -0.25) is 0 Å². The quantitative estimate of drug-likeness (QED) is 0.326. The van der Waals surface area contributed by atoms with Crippen molar-refractivity contribution < 1.29 is 5.11 Å². The molecule has 0 heterocycles. The first kappa shape index (κ1) is 21.7. The second kappa shape index (κ2) is 23.5. The van der Waals surface area contributed by atoms with E-state index in [1.807, 2.05) is 0 Å². The molecule has 0 aliphatic carbocycles. The molecule has 0 aromatic heterocycles. The monoisotopic (exact) mass is 290 g/mol. The topological polar surface area (TPSA) is 20.2 Å². The molecule has 0 aliphatic heterocycles. The fourth-order valence-electron chi connectivity index (χ4n) is 2.14. The van der Waals surface area contributed by atoms with E-state index in [4.69, 9.17) is 5.11 Å². The molecule has 0 saturated heterocycles. The van der Waals surface area contributed by atoms with Crippen molar-refractivity contribution in [3.05, 3.63) is 0 Å². The van der Waals surface area contributed by atoms with Crippen LogP contribution in [-0.2, 0) is 0 Å². The van der Waals surface area contributed by atoms with E-state index < -0.39 is 0 Å². The average molecular weight is 290 g/mol. The van der Waals surface area contributed by atoms with Crippen molar-refractivity contribution in [1.29, 1.82) is 0 Å². The summed E-state index contributed by atoms with van der Waals surface area (Å²) in [5, 5.41) is 7.57. The first-order valence-electron chi connectivity index (χ1n) is 8.58. The van der Waals surface area contributed by atoms with Crippen LogP contribution in [0.1, 0.15) is 90.9 Å². The lowest BCUT2D eigenvalue weighted by molar-refractivity contribution is 0.318. The number of aliphatic hydroxyl groups excluding tert-OH is 1. The van der Waals surface area contributed by atoms with Gasteiger partial charge in [0.2, 0.25) is 0 Å². The molecular formula is C17H39OP. The van der Waals surface area contributed by atoms with Gasteiger partial charge in [-0.15, -0.1) is 8.58 Å². The minimum Gasteiger partial charge on any atom is -0.397 e. The molecule has 0 bridgehead atoms. The molecule has 1 atom stereocenters. The molecule has 1 nitrogen and oxygen atoms in total. The van der Waals surface area contributed by atoms with Gasteiger partial charge in [-0.1, -0.05) is 77.6 Å². The smallest absolute Gasteiger partial charge is 0.0402 e. The van der Waals surface area contributed by atoms with Crippen molar-refractivity contribution in [3.63, 3.8) is 0 Å². The van der Waals surface area contributed by atoms with Gasteiger partial charge in [0.1, 0.15) is 0 Å². The lowest BCUT2D eigenvalue weighted by Crippen LogP contribution is -1.83. The van der Waals surface area contributed by atoms with E-state index in [9.17, 15) is 0 Å². The Hall–Kier alpha value is 0.390. The highest BCUT2D eigenvalue weighted by Gasteiger charge is 1.92. The van der Waals surface area contributed by atoms with Gasteiger partial charge in [-0.2, -0.15) is 0 Å². The number of hydrogen-bond acceptors (Lipinski definition) is 1. The predicted molar refractivity (Wildman–Crippen MR) is 92.9 cm³/mol. The van der Waals surface area contributed by atoms with Crippen LogP contribution in [0.3, 0.4) is 0 Å². The van der Waals surface area contributed by atoms with E-state index in [1.54, 1.807) is 6.92 Å². The average Bonchev–Trinajstić information content (AvgIpc) is 2.41. The summed E-state index contributed by atoms with van der Waals surface area (Å²) in [5.74, 6) is 0. The molecule has 0 aliphatic rings. The van der Waals surface area contributed by atoms with Crippen molar-refractivity contribution >= 4 is 8.58 Å². The molecule has 118 valence electrons. The normalized spacial score (nSPS) is 10.7. The van der Waals surface area contributed by atoms with E-state index in [1.165, 1.54) is 91.8 Å². The Balaban J connectivity index is 0. The summed E-state index contributed by atoms with van der Waals surface area (Å²) in [5.41, 5.74) is 0. The van der Waals surface area contributed by atoms with Crippen molar-refractivity contribution in [3.8, 4) is 0 Å². The van der Waals surface area contributed by atoms with E-state index in [2.05, 4.69) is 13.6 Å². The highest BCUT2D eigenvalue weighted by atomic mass is 31.1. The second-order valence-corrected chi connectivity index (χ2v) is 6.52. The van der Waals surface area contributed by atoms with Crippen LogP contribution >= 0.6 is 8.58 Å². The Labute approximate surface area is 124 Å². The minimum absolute atomic E-state index is 0.250. The summed E-state index contributed by atoms with van der Waals surface area (Å²) < 4.78 is 0. The van der Waals surface area contributed by atoms with Gasteiger partial charge >= 0.3 is 0 Å². The Bertz CT molecular complexity index is 114. The standard InChI is InChI=1S/C15H33P.C2H6O/c1-3-4-5-6-7-8-9-10-11-12-13-14-15-16-2;1-2-3/h16H,3-15H2,1-2H3;3H,2H2,1H3. The molecule has 0 aromatic rings. The SMILES string of the molecule is CCCCCCCCCCCCCCPC.CCO. The Morgan fingerprint density at radius 2 is 0.947 bits per heavy atom. The van der Waals surface area contributed by atoms with E-state index in [0.717, 1.165) is 0 Å². The van der Waals surface area contributed by atoms with Crippen molar-refractivity contribution in [1.82, 2.24) is 0 Å². The molecule has 0 rings (SSSR count). The Morgan fingerprint density at radius 3 is 1.26 bits per heavy atom. The molecule has 0 saturated carbocycles. The van der Waals surface area contributed by atoms with Crippen molar-refractivity contribution in [2.24, 2.45) is 0 Å². The maximum absolute atomic E-state index is 7.57. The van der Waals surface area contributed by atoms with E-state index >= 15 is 0 Å². The highest BCUT2D eigenvalue weighted by Crippen LogP contribution is 2.13. The van der Waals surface area contributed by atoms with Gasteiger partial charge in [0, 0.05) is 6.61 Å². The number of hydrogen-bond donors (Lipinski definition) is 1. The van der Waals surface area contributed by atoms with Crippen LogP contribution in [0.2, 0.25) is 0 Å². The van der Waals surface area contributed by atoms with E-state index in [-0.39, 0.29) is 6.61 Å². The molecule has 2 heteroatoms. The number of aliphatic hydroxyl groups is 1. The summed E-state index contributed by atoms with van der Waals surface area (Å²) in [6.07, 6.45) is 19.1. The molecule has 1 unspecified atom stereocenters. The fraction of sp³-hybridized carbons (Fsp3) is 1.00. The molecule has 0 spiro atoms. The van der Waals surface area contributed by atoms with Gasteiger partial charge in [-0.05, 0) is 26.2 Å². The van der Waals surface area contributed by atoms with Crippen LogP contribution < -0.4 is 0 Å². The molecule has 0 amide bonds. The highest BCUT2D eigenvalue weighted by molar-refractivity contribution is 7.36. The van der Waals surface area contributed by atoms with Crippen LogP contribution in [-0.4, -0.2) is 24.5 Å². The molecular weight excluding hydrogens is 251 g/mol. The fourth-order valence-corrected chi connectivity index (χ4v) is 2.75. The first-order chi connectivity index (χ1) is 9.33. The minimum atomic E-state index is 0.250. The molecule has 0 fully saturated rings. The third-order valence-corrected chi connectivity index (χ3v) is 4.13. The van der Waals surface area contributed by atoms with Crippen LogP contribution in [0.5, 0.6) is 0 Å². The zero-order valence-electron chi connectivity index (χ0n) is 13.8. The van der Waals surface area contributed by atoms with Crippen LogP contribution in [0.4, 0.5) is 0 Å². The van der Waals surface area contributed by atoms with Gasteiger partial charge in [0.15, 0.2) is 0 Å². The Kier molecular flexibility index (Phi) is 26.8. The zero-order valence-corrected chi connectivity index (χ0v) is 14.8. The predicted octanol–water partition coefficient (Wildman–Crippen LogP) is 5.99. The third-order valence-electron chi connectivity index (χ3n) is 3.28. The van der Waals surface area contributed by atoms with E-state index in [0.29, 0.717) is 0 Å². The zero-order chi connectivity index (χ0) is 14.6. The van der Waals surface area contributed by atoms with Gasteiger partial charge in [0.05, 0.1) is 0 Å². The maximum atomic E-state index is 7.57. The third kappa shape index (κ3) is 27.6. The summed E-state index contributed by atoms with van der Waals surface area (Å²) in [4.78, 5) is 0. The number of rotatable bonds is 13. The maximum Gasteiger partial charge on any atom is 0.0402 e. The van der Waals surface area contributed by atoms with Gasteiger partial charge < -0.3 is 5.11 Å². The molecule has 0 aromatic carbocycles. The lowest BCUT2D eigenvalue weighted by Gasteiger charge is -2.02. The van der Waals surface area contributed by atoms with Crippen molar-refractivity contribution in [2.45, 2.75) is 90.9 Å². The summed E-state index contributed by atoms with van der Waals surface area (Å²) in [6, 6.07) is 0. The van der Waals surface area contributed by atoms with Crippen LogP contribution in [0.15, 0.2) is 0 Å². The molecule has 1 N–H and O–H groups in total. The van der Waals surface area contributed by atoms with Gasteiger partial charge in [-0.25, -0.2) is 0 Å². The molecule has 19 heavy (non-hydrogen) atoms. The van der Waals surface area contributed by atoms with Crippen LogP contribution in [0.25, 0.3) is 0 Å². The Morgan fingerprint density at radius 1 is 0.632 bits per heavy atom. The van der Waals surface area contributed by atoms with Crippen LogP contribution in [0, 0.1) is 0 Å².